The molecule has 0 fully saturated rings. The molecule has 45 heavy (non-hydrogen) atoms. The molecule has 0 aliphatic heterocycles. The van der Waals surface area contributed by atoms with Crippen LogP contribution < -0.4 is 11.1 Å². The standard InChI is InChI=1S/C35H44N4O6/c1-25(22-31(42)44-24-27-14-9-6-10-15-27)38-29(40)23-39(21-19-26-12-7-5-8-13-26)30(41)17-11-16-28-18-20-37-33(32(28)36)34(43)45-35(2,3)4/h5-10,12-15,18,20,25H,11,16-17,19,21-24,36H2,1-4H3,(H,38,40)/t25-/m1/s1. The number of nitrogen functional groups attached to an aromatic ring is 1. The van der Waals surface area contributed by atoms with Crippen LogP contribution in [0.4, 0.5) is 5.69 Å². The Morgan fingerprint density at radius 2 is 1.58 bits per heavy atom. The molecule has 3 aromatic rings. The number of carbonyl (C=O) groups is 4. The van der Waals surface area contributed by atoms with Crippen LogP contribution in [0.5, 0.6) is 0 Å². The Labute approximate surface area is 265 Å². The van der Waals surface area contributed by atoms with Crippen LogP contribution >= 0.6 is 0 Å². The molecule has 10 nitrogen and oxygen atoms in total. The van der Waals surface area contributed by atoms with Gasteiger partial charge in [0.05, 0.1) is 18.7 Å². The normalized spacial score (nSPS) is 11.7. The number of pyridine rings is 1. The second-order valence-electron chi connectivity index (χ2n) is 12.0. The van der Waals surface area contributed by atoms with Gasteiger partial charge in [-0.15, -0.1) is 0 Å². The molecule has 2 aromatic carbocycles. The first kappa shape index (κ1) is 34.8. The Balaban J connectivity index is 1.56. The summed E-state index contributed by atoms with van der Waals surface area (Å²) in [4.78, 5) is 56.8. The third kappa shape index (κ3) is 12.4. The summed E-state index contributed by atoms with van der Waals surface area (Å²) < 4.78 is 10.7. The summed E-state index contributed by atoms with van der Waals surface area (Å²) >= 11 is 0. The SMILES string of the molecule is C[C@H](CC(=O)OCc1ccccc1)NC(=O)CN(CCc1ccccc1)C(=O)CCCc1ccnc(C(=O)OC(C)(C)C)c1N. The number of rotatable bonds is 15. The average Bonchev–Trinajstić information content (AvgIpc) is 2.99. The van der Waals surface area contributed by atoms with Gasteiger partial charge in [-0.3, -0.25) is 14.4 Å². The van der Waals surface area contributed by atoms with Gasteiger partial charge in [-0.05, 0) is 69.7 Å². The highest BCUT2D eigenvalue weighted by Gasteiger charge is 2.23. The fourth-order valence-electron chi connectivity index (χ4n) is 4.60. The largest absolute Gasteiger partial charge is 0.461 e. The number of nitrogens with two attached hydrogens (primary N) is 1. The lowest BCUT2D eigenvalue weighted by molar-refractivity contribution is -0.145. The van der Waals surface area contributed by atoms with Gasteiger partial charge < -0.3 is 25.4 Å². The van der Waals surface area contributed by atoms with Crippen molar-refractivity contribution in [3.8, 4) is 0 Å². The number of nitrogens with one attached hydrogen (secondary N) is 1. The molecule has 0 saturated carbocycles. The monoisotopic (exact) mass is 616 g/mol. The molecule has 1 heterocycles. The predicted molar refractivity (Wildman–Crippen MR) is 172 cm³/mol. The van der Waals surface area contributed by atoms with Crippen LogP contribution in [0.15, 0.2) is 72.9 Å². The van der Waals surface area contributed by atoms with Crippen molar-refractivity contribution in [1.29, 1.82) is 0 Å². The number of esters is 2. The predicted octanol–water partition coefficient (Wildman–Crippen LogP) is 4.65. The molecular formula is C35H44N4O6. The number of ether oxygens (including phenoxy) is 2. The number of nitrogens with zero attached hydrogens (tertiary/aromatic N) is 2. The summed E-state index contributed by atoms with van der Waals surface area (Å²) in [6, 6.07) is 20.3. The van der Waals surface area contributed by atoms with Crippen molar-refractivity contribution in [1.82, 2.24) is 15.2 Å². The summed E-state index contributed by atoms with van der Waals surface area (Å²) in [5.74, 6) is -1.57. The molecule has 1 atom stereocenters. The summed E-state index contributed by atoms with van der Waals surface area (Å²) in [5.41, 5.74) is 8.46. The molecule has 0 radical (unpaired) electrons. The number of aryl methyl sites for hydroxylation is 1. The minimum absolute atomic E-state index is 0.00910. The number of hydrogen-bond donors (Lipinski definition) is 2. The van der Waals surface area contributed by atoms with Crippen LogP contribution in [0.3, 0.4) is 0 Å². The second-order valence-corrected chi connectivity index (χ2v) is 12.0. The molecule has 0 saturated heterocycles. The number of amides is 2. The molecule has 0 aliphatic carbocycles. The van der Waals surface area contributed by atoms with Crippen molar-refractivity contribution < 1.29 is 28.7 Å². The van der Waals surface area contributed by atoms with Crippen molar-refractivity contribution in [3.63, 3.8) is 0 Å². The Bertz CT molecular complexity index is 1420. The third-order valence-corrected chi connectivity index (χ3v) is 6.83. The van der Waals surface area contributed by atoms with Crippen LogP contribution in [-0.2, 0) is 43.3 Å². The van der Waals surface area contributed by atoms with E-state index in [-0.39, 0.29) is 49.2 Å². The van der Waals surface area contributed by atoms with Crippen LogP contribution in [0.1, 0.15) is 74.1 Å². The highest BCUT2D eigenvalue weighted by atomic mass is 16.6. The summed E-state index contributed by atoms with van der Waals surface area (Å²) in [7, 11) is 0. The fourth-order valence-corrected chi connectivity index (χ4v) is 4.60. The van der Waals surface area contributed by atoms with E-state index in [1.54, 1.807) is 33.8 Å². The molecule has 1 aromatic heterocycles. The van der Waals surface area contributed by atoms with Crippen LogP contribution in [-0.4, -0.2) is 58.4 Å². The number of hydrogen-bond acceptors (Lipinski definition) is 8. The Hall–Kier alpha value is -4.73. The molecule has 0 aliphatic rings. The summed E-state index contributed by atoms with van der Waals surface area (Å²) in [6.07, 6.45) is 3.16. The maximum Gasteiger partial charge on any atom is 0.359 e. The molecule has 3 rings (SSSR count). The lowest BCUT2D eigenvalue weighted by Gasteiger charge is -2.24. The second kappa shape index (κ2) is 16.9. The number of carbonyl (C=O) groups excluding carboxylic acids is 4. The van der Waals surface area contributed by atoms with Gasteiger partial charge in [0, 0.05) is 25.2 Å². The molecule has 0 unspecified atom stereocenters. The topological polar surface area (TPSA) is 141 Å². The maximum atomic E-state index is 13.3. The first-order valence-corrected chi connectivity index (χ1v) is 15.2. The fraction of sp³-hybridized carbons (Fsp3) is 0.400. The zero-order valence-corrected chi connectivity index (χ0v) is 26.6. The molecule has 3 N–H and O–H groups in total. The molecule has 0 bridgehead atoms. The van der Waals surface area contributed by atoms with E-state index in [2.05, 4.69) is 10.3 Å². The summed E-state index contributed by atoms with van der Waals surface area (Å²) in [5, 5.41) is 2.81. The van der Waals surface area contributed by atoms with Gasteiger partial charge >= 0.3 is 11.9 Å². The van der Waals surface area contributed by atoms with Crippen LogP contribution in [0.25, 0.3) is 0 Å². The number of anilines is 1. The first-order valence-electron chi connectivity index (χ1n) is 15.2. The zero-order valence-electron chi connectivity index (χ0n) is 26.6. The molecular weight excluding hydrogens is 572 g/mol. The highest BCUT2D eigenvalue weighted by molar-refractivity contribution is 5.93. The third-order valence-electron chi connectivity index (χ3n) is 6.83. The number of benzene rings is 2. The van der Waals surface area contributed by atoms with Crippen LogP contribution in [0.2, 0.25) is 0 Å². The molecule has 0 spiro atoms. The molecule has 2 amide bonds. The van der Waals surface area contributed by atoms with E-state index in [0.29, 0.717) is 31.4 Å². The molecule has 10 heteroatoms. The van der Waals surface area contributed by atoms with Crippen molar-refractivity contribution in [3.05, 3.63) is 95.3 Å². The van der Waals surface area contributed by atoms with Crippen LogP contribution in [0, 0.1) is 0 Å². The van der Waals surface area contributed by atoms with Gasteiger partial charge in [-0.2, -0.15) is 0 Å². The van der Waals surface area contributed by atoms with Gasteiger partial charge in [-0.1, -0.05) is 60.7 Å². The van der Waals surface area contributed by atoms with Crippen molar-refractivity contribution >= 4 is 29.4 Å². The average molecular weight is 617 g/mol. The van der Waals surface area contributed by atoms with E-state index in [4.69, 9.17) is 15.2 Å². The lowest BCUT2D eigenvalue weighted by atomic mass is 10.1. The zero-order chi connectivity index (χ0) is 32.8. The van der Waals surface area contributed by atoms with E-state index in [1.807, 2.05) is 60.7 Å². The van der Waals surface area contributed by atoms with E-state index in [0.717, 1.165) is 11.1 Å². The van der Waals surface area contributed by atoms with E-state index in [1.165, 1.54) is 11.1 Å². The van der Waals surface area contributed by atoms with Crippen molar-refractivity contribution in [2.24, 2.45) is 0 Å². The Morgan fingerprint density at radius 1 is 0.933 bits per heavy atom. The van der Waals surface area contributed by atoms with Gasteiger partial charge in [-0.25, -0.2) is 9.78 Å². The van der Waals surface area contributed by atoms with Crippen molar-refractivity contribution in [2.75, 3.05) is 18.8 Å². The van der Waals surface area contributed by atoms with Gasteiger partial charge in [0.1, 0.15) is 12.2 Å². The Kier molecular flexibility index (Phi) is 13.1. The maximum absolute atomic E-state index is 13.3. The Morgan fingerprint density at radius 3 is 2.22 bits per heavy atom. The van der Waals surface area contributed by atoms with Gasteiger partial charge in [0.25, 0.3) is 0 Å². The summed E-state index contributed by atoms with van der Waals surface area (Å²) in [6.45, 7) is 7.39. The lowest BCUT2D eigenvalue weighted by Crippen LogP contribution is -2.44. The number of aromatic nitrogens is 1. The van der Waals surface area contributed by atoms with E-state index >= 15 is 0 Å². The van der Waals surface area contributed by atoms with Gasteiger partial charge in [0.15, 0.2) is 5.69 Å². The molecule has 240 valence electrons. The first-order chi connectivity index (χ1) is 21.4. The minimum Gasteiger partial charge on any atom is -0.461 e. The quantitative estimate of drug-likeness (QED) is 0.235. The highest BCUT2D eigenvalue weighted by Crippen LogP contribution is 2.21. The van der Waals surface area contributed by atoms with Crippen molar-refractivity contribution in [2.45, 2.75) is 78.0 Å². The van der Waals surface area contributed by atoms with E-state index < -0.39 is 23.6 Å². The smallest absolute Gasteiger partial charge is 0.359 e. The minimum atomic E-state index is -0.688. The van der Waals surface area contributed by atoms with E-state index in [9.17, 15) is 19.2 Å². The van der Waals surface area contributed by atoms with Gasteiger partial charge in [0.2, 0.25) is 11.8 Å².